The maximum Gasteiger partial charge on any atom is 0.272 e. The zero-order valence-electron chi connectivity index (χ0n) is 17.3. The second-order valence-corrected chi connectivity index (χ2v) is 8.83. The van der Waals surface area contributed by atoms with E-state index >= 15 is 0 Å². The van der Waals surface area contributed by atoms with Gasteiger partial charge in [-0.15, -0.1) is 4.99 Å². The molecule has 0 saturated heterocycles. The number of ether oxygens (including phenoxy) is 2. The first-order valence-corrected chi connectivity index (χ1v) is 10.5. The van der Waals surface area contributed by atoms with E-state index in [2.05, 4.69) is 21.0 Å². The van der Waals surface area contributed by atoms with E-state index < -0.39 is 5.60 Å². The molecule has 30 heavy (non-hydrogen) atoms. The second kappa shape index (κ2) is 7.49. The molecule has 1 unspecified atom stereocenters. The second-order valence-electron chi connectivity index (χ2n) is 8.83. The maximum absolute atomic E-state index is 10.1. The molecule has 2 atom stereocenters. The van der Waals surface area contributed by atoms with Gasteiger partial charge in [-0.2, -0.15) is 0 Å². The van der Waals surface area contributed by atoms with Crippen LogP contribution in [0.1, 0.15) is 49.8 Å². The number of nitrogens with zero attached hydrogens (tertiary/aromatic N) is 2. The molecule has 1 aliphatic heterocycles. The lowest BCUT2D eigenvalue weighted by atomic mass is 9.91. The molecule has 7 nitrogen and oxygen atoms in total. The van der Waals surface area contributed by atoms with Crippen molar-refractivity contribution < 1.29 is 19.6 Å². The van der Waals surface area contributed by atoms with Crippen LogP contribution in [0.5, 0.6) is 5.75 Å². The van der Waals surface area contributed by atoms with E-state index in [1.165, 1.54) is 18.5 Å². The third-order valence-corrected chi connectivity index (χ3v) is 5.58. The Morgan fingerprint density at radius 2 is 2.20 bits per heavy atom. The van der Waals surface area contributed by atoms with Crippen molar-refractivity contribution in [2.24, 2.45) is 4.99 Å². The molecule has 3 heterocycles. The largest absolute Gasteiger partial charge is 0.491 e. The quantitative estimate of drug-likeness (QED) is 0.613. The monoisotopic (exact) mass is 407 g/mol. The van der Waals surface area contributed by atoms with Gasteiger partial charge in [0.1, 0.15) is 23.8 Å². The minimum absolute atomic E-state index is 0.0873. The van der Waals surface area contributed by atoms with Crippen LogP contribution in [0.2, 0.25) is 0 Å². The fourth-order valence-electron chi connectivity index (χ4n) is 3.86. The van der Waals surface area contributed by atoms with Gasteiger partial charge in [0.25, 0.3) is 5.82 Å². The van der Waals surface area contributed by atoms with Gasteiger partial charge in [0.2, 0.25) is 12.0 Å². The highest BCUT2D eigenvalue weighted by molar-refractivity contribution is 5.87. The van der Waals surface area contributed by atoms with Crippen molar-refractivity contribution in [2.45, 2.75) is 50.2 Å². The third kappa shape index (κ3) is 3.95. The maximum atomic E-state index is 10.1. The van der Waals surface area contributed by atoms with E-state index in [0.29, 0.717) is 12.5 Å². The number of fused-ring (bicyclic) bond motifs is 2. The summed E-state index contributed by atoms with van der Waals surface area (Å²) in [5.74, 6) is 2.15. The number of rotatable bonds is 6. The number of benzene rings is 1. The molecular formula is C23H27N4O3+. The highest BCUT2D eigenvalue weighted by Gasteiger charge is 2.33. The molecule has 3 aromatic rings. The first-order chi connectivity index (χ1) is 14.5. The number of aliphatic hydroxyl groups is 1. The van der Waals surface area contributed by atoms with E-state index in [1.807, 2.05) is 30.5 Å². The number of aliphatic imine (C=N–C) groups is 1. The summed E-state index contributed by atoms with van der Waals surface area (Å²) in [5.41, 5.74) is 2.21. The Morgan fingerprint density at radius 3 is 3.00 bits per heavy atom. The summed E-state index contributed by atoms with van der Waals surface area (Å²) < 4.78 is 11.9. The van der Waals surface area contributed by atoms with Gasteiger partial charge in [-0.3, -0.25) is 0 Å². The Morgan fingerprint density at radius 1 is 1.37 bits per heavy atom. The Kier molecular flexibility index (Phi) is 4.79. The zero-order chi connectivity index (χ0) is 20.7. The van der Waals surface area contributed by atoms with Gasteiger partial charge < -0.3 is 19.6 Å². The average molecular weight is 407 g/mol. The van der Waals surface area contributed by atoms with Crippen molar-refractivity contribution in [2.75, 3.05) is 13.2 Å². The summed E-state index contributed by atoms with van der Waals surface area (Å²) >= 11 is 0. The van der Waals surface area contributed by atoms with Crippen molar-refractivity contribution >= 4 is 23.1 Å². The van der Waals surface area contributed by atoms with Crippen molar-refractivity contribution in [3.63, 3.8) is 0 Å². The van der Waals surface area contributed by atoms with Crippen molar-refractivity contribution in [1.82, 2.24) is 9.97 Å². The van der Waals surface area contributed by atoms with Crippen LogP contribution in [0.4, 0.5) is 5.82 Å². The predicted molar refractivity (Wildman–Crippen MR) is 113 cm³/mol. The van der Waals surface area contributed by atoms with Crippen LogP contribution < -0.4 is 9.72 Å². The van der Waals surface area contributed by atoms with E-state index in [0.717, 1.165) is 28.2 Å². The summed E-state index contributed by atoms with van der Waals surface area (Å²) in [6.07, 6.45) is 5.82. The summed E-state index contributed by atoms with van der Waals surface area (Å²) in [7, 11) is 0. The molecule has 0 bridgehead atoms. The summed E-state index contributed by atoms with van der Waals surface area (Å²) in [6, 6.07) is 10.1. The van der Waals surface area contributed by atoms with Crippen LogP contribution in [-0.4, -0.2) is 46.2 Å². The zero-order valence-corrected chi connectivity index (χ0v) is 17.3. The van der Waals surface area contributed by atoms with Crippen LogP contribution >= 0.6 is 0 Å². The first kappa shape index (κ1) is 19.2. The van der Waals surface area contributed by atoms with Gasteiger partial charge in [-0.1, -0.05) is 23.2 Å². The highest BCUT2D eigenvalue weighted by Crippen LogP contribution is 2.41. The average Bonchev–Trinajstić information content (AvgIpc) is 3.48. The Labute approximate surface area is 175 Å². The SMILES string of the molecule is CC(C)(O)CO[C@H]1COc2ccccc2C1/C=N\c1[nH+]cnc2[nH]c(C3CC3)cc12. The Bertz CT molecular complexity index is 1080. The number of aromatic amines is 2. The molecule has 1 saturated carbocycles. The highest BCUT2D eigenvalue weighted by atomic mass is 16.5. The normalized spacial score (nSPS) is 21.7. The lowest BCUT2D eigenvalue weighted by Crippen LogP contribution is -2.38. The van der Waals surface area contributed by atoms with Gasteiger partial charge in [0.15, 0.2) is 0 Å². The van der Waals surface area contributed by atoms with Gasteiger partial charge in [-0.25, -0.2) is 4.98 Å². The molecule has 0 amide bonds. The lowest BCUT2D eigenvalue weighted by Gasteiger charge is -2.32. The number of nitrogens with one attached hydrogen (secondary N) is 2. The molecule has 3 N–H and O–H groups in total. The van der Waals surface area contributed by atoms with Crippen molar-refractivity contribution in [3.8, 4) is 5.75 Å². The number of hydrogen-bond acceptors (Lipinski definition) is 5. The Balaban J connectivity index is 1.47. The minimum atomic E-state index is -0.909. The van der Waals surface area contributed by atoms with Gasteiger partial charge in [0, 0.05) is 11.3 Å². The molecule has 7 heteroatoms. The Hall–Kier alpha value is -2.77. The number of H-pyrrole nitrogens is 2. The number of aromatic nitrogens is 3. The summed E-state index contributed by atoms with van der Waals surface area (Å²) in [5, 5.41) is 11.1. The van der Waals surface area contributed by atoms with Crippen LogP contribution in [0.15, 0.2) is 41.7 Å². The fourth-order valence-corrected chi connectivity index (χ4v) is 3.86. The van der Waals surface area contributed by atoms with E-state index in [4.69, 9.17) is 14.5 Å². The fraction of sp³-hybridized carbons (Fsp3) is 0.435. The molecule has 0 spiro atoms. The standard InChI is InChI=1S/C23H26N4O3/c1-23(2,28)12-30-20-11-29-19-6-4-3-5-15(19)17(20)10-24-21-16-9-18(14-7-8-14)27-22(16)26-13-25-21/h3-6,9-10,13-14,17,20,28H,7-8,11-12H2,1-2H3,(H,25,26,27)/p+1/b24-10-/t17?,20-/m0/s1. The number of hydrogen-bond donors (Lipinski definition) is 2. The molecule has 0 radical (unpaired) electrons. The number of para-hydroxylation sites is 1. The topological polar surface area (TPSA) is 93.9 Å². The van der Waals surface area contributed by atoms with Gasteiger partial charge in [-0.05, 0) is 44.7 Å². The molecule has 2 aliphatic rings. The molecule has 5 rings (SSSR count). The third-order valence-electron chi connectivity index (χ3n) is 5.58. The molecule has 1 aromatic carbocycles. The summed E-state index contributed by atoms with van der Waals surface area (Å²) in [4.78, 5) is 15.8. The van der Waals surface area contributed by atoms with E-state index in [-0.39, 0.29) is 18.6 Å². The minimum Gasteiger partial charge on any atom is -0.491 e. The predicted octanol–water partition coefficient (Wildman–Crippen LogP) is 3.29. The van der Waals surface area contributed by atoms with Crippen LogP contribution in [0.3, 0.4) is 0 Å². The van der Waals surface area contributed by atoms with E-state index in [9.17, 15) is 5.11 Å². The van der Waals surface area contributed by atoms with Crippen LogP contribution in [-0.2, 0) is 4.74 Å². The summed E-state index contributed by atoms with van der Waals surface area (Å²) in [6.45, 7) is 4.11. The molecule has 1 fully saturated rings. The molecular weight excluding hydrogens is 380 g/mol. The molecule has 1 aliphatic carbocycles. The first-order valence-electron chi connectivity index (χ1n) is 10.5. The van der Waals surface area contributed by atoms with Gasteiger partial charge >= 0.3 is 0 Å². The van der Waals surface area contributed by atoms with Crippen molar-refractivity contribution in [3.05, 3.63) is 47.9 Å². The molecule has 156 valence electrons. The van der Waals surface area contributed by atoms with Crippen LogP contribution in [0.25, 0.3) is 11.0 Å². The molecule has 2 aromatic heterocycles. The van der Waals surface area contributed by atoms with Gasteiger partial charge in [0.05, 0.1) is 24.3 Å². The lowest BCUT2D eigenvalue weighted by molar-refractivity contribution is -0.365. The van der Waals surface area contributed by atoms with Crippen LogP contribution in [0, 0.1) is 0 Å². The van der Waals surface area contributed by atoms with Crippen molar-refractivity contribution in [1.29, 1.82) is 0 Å². The van der Waals surface area contributed by atoms with E-state index in [1.54, 1.807) is 20.2 Å². The smallest absolute Gasteiger partial charge is 0.272 e.